The number of nitrogens with zero attached hydrogens (tertiary/aromatic N) is 1. The summed E-state index contributed by atoms with van der Waals surface area (Å²) in [6.07, 6.45) is 1.79. The number of aryl methyl sites for hydroxylation is 2. The maximum atomic E-state index is 13.0. The molecule has 0 amide bonds. The first kappa shape index (κ1) is 16.3. The zero-order chi connectivity index (χ0) is 16.0. The molecule has 1 saturated heterocycles. The van der Waals surface area contributed by atoms with Crippen molar-refractivity contribution in [3.8, 4) is 0 Å². The summed E-state index contributed by atoms with van der Waals surface area (Å²) in [6, 6.07) is 1.86. The van der Waals surface area contributed by atoms with Gasteiger partial charge in [0.25, 0.3) is 0 Å². The summed E-state index contributed by atoms with van der Waals surface area (Å²) in [5.74, 6) is 0. The molecule has 1 fully saturated rings. The number of benzene rings is 1. The Morgan fingerprint density at radius 3 is 2.14 bits per heavy atom. The van der Waals surface area contributed by atoms with E-state index in [1.54, 1.807) is 11.2 Å². The van der Waals surface area contributed by atoms with Gasteiger partial charge < -0.3 is 5.73 Å². The van der Waals surface area contributed by atoms with Crippen molar-refractivity contribution in [2.45, 2.75) is 52.4 Å². The molecule has 1 aromatic carbocycles. The molecular weight excluding hydrogens is 284 g/mol. The van der Waals surface area contributed by atoms with E-state index in [-0.39, 0.29) is 5.41 Å². The number of anilines is 1. The molecule has 0 saturated carbocycles. The van der Waals surface area contributed by atoms with E-state index >= 15 is 0 Å². The first-order valence-corrected chi connectivity index (χ1v) is 8.87. The van der Waals surface area contributed by atoms with Crippen LogP contribution in [0.15, 0.2) is 11.0 Å². The molecule has 0 aromatic heterocycles. The van der Waals surface area contributed by atoms with E-state index in [0.29, 0.717) is 29.2 Å². The van der Waals surface area contributed by atoms with Gasteiger partial charge in [0.2, 0.25) is 10.0 Å². The summed E-state index contributed by atoms with van der Waals surface area (Å²) >= 11 is 0. The van der Waals surface area contributed by atoms with Gasteiger partial charge >= 0.3 is 0 Å². The highest BCUT2D eigenvalue weighted by molar-refractivity contribution is 7.89. The minimum Gasteiger partial charge on any atom is -0.398 e. The lowest BCUT2D eigenvalue weighted by atomic mass is 9.83. The standard InChI is InChI=1S/C16H26N2O2S/c1-11-10-12(2)15(13(3)14(11)17)21(19,20)18-8-6-16(4,5)7-9-18/h10H,6-9,17H2,1-5H3. The molecule has 0 bridgehead atoms. The van der Waals surface area contributed by atoms with Crippen molar-refractivity contribution in [2.75, 3.05) is 18.8 Å². The van der Waals surface area contributed by atoms with E-state index < -0.39 is 10.0 Å². The van der Waals surface area contributed by atoms with Crippen LogP contribution in [0.25, 0.3) is 0 Å². The summed E-state index contributed by atoms with van der Waals surface area (Å²) in [5.41, 5.74) is 9.24. The molecule has 2 rings (SSSR count). The van der Waals surface area contributed by atoms with Crippen LogP contribution >= 0.6 is 0 Å². The predicted molar refractivity (Wildman–Crippen MR) is 86.8 cm³/mol. The van der Waals surface area contributed by atoms with Gasteiger partial charge in [0.1, 0.15) is 0 Å². The van der Waals surface area contributed by atoms with Crippen molar-refractivity contribution in [1.82, 2.24) is 4.31 Å². The number of nitrogen functional groups attached to an aromatic ring is 1. The Morgan fingerprint density at radius 2 is 1.62 bits per heavy atom. The molecule has 2 N–H and O–H groups in total. The Kier molecular flexibility index (Phi) is 4.10. The lowest BCUT2D eigenvalue weighted by Gasteiger charge is -2.36. The molecule has 1 heterocycles. The molecule has 0 atom stereocenters. The van der Waals surface area contributed by atoms with Crippen LogP contribution in [0.1, 0.15) is 43.4 Å². The van der Waals surface area contributed by atoms with E-state index in [2.05, 4.69) is 13.8 Å². The highest BCUT2D eigenvalue weighted by Gasteiger charge is 2.34. The molecule has 4 nitrogen and oxygen atoms in total. The largest absolute Gasteiger partial charge is 0.398 e. The first-order valence-electron chi connectivity index (χ1n) is 7.43. The fraction of sp³-hybridized carbons (Fsp3) is 0.625. The summed E-state index contributed by atoms with van der Waals surface area (Å²) in [6.45, 7) is 11.1. The number of hydrogen-bond donors (Lipinski definition) is 1. The number of piperidine rings is 1. The highest BCUT2D eigenvalue weighted by atomic mass is 32.2. The lowest BCUT2D eigenvalue weighted by Crippen LogP contribution is -2.41. The van der Waals surface area contributed by atoms with Crippen LogP contribution in [0.3, 0.4) is 0 Å². The number of sulfonamides is 1. The molecule has 1 aliphatic rings. The van der Waals surface area contributed by atoms with Crippen LogP contribution in [0.2, 0.25) is 0 Å². The van der Waals surface area contributed by atoms with Gasteiger partial charge in [-0.25, -0.2) is 8.42 Å². The zero-order valence-corrected chi connectivity index (χ0v) is 14.5. The maximum absolute atomic E-state index is 13.0. The second kappa shape index (κ2) is 5.29. The summed E-state index contributed by atoms with van der Waals surface area (Å²) in [5, 5.41) is 0. The quantitative estimate of drug-likeness (QED) is 0.854. The van der Waals surface area contributed by atoms with E-state index in [1.165, 1.54) is 0 Å². The molecule has 21 heavy (non-hydrogen) atoms. The van der Waals surface area contributed by atoms with Crippen molar-refractivity contribution < 1.29 is 8.42 Å². The van der Waals surface area contributed by atoms with Crippen molar-refractivity contribution in [2.24, 2.45) is 5.41 Å². The minimum atomic E-state index is -3.46. The zero-order valence-electron chi connectivity index (χ0n) is 13.7. The normalized spacial score (nSPS) is 19.7. The predicted octanol–water partition coefficient (Wildman–Crippen LogP) is 3.00. The van der Waals surface area contributed by atoms with Gasteiger partial charge in [-0.2, -0.15) is 4.31 Å². The number of hydrogen-bond acceptors (Lipinski definition) is 3. The molecule has 118 valence electrons. The Balaban J connectivity index is 2.44. The van der Waals surface area contributed by atoms with Gasteiger partial charge in [0, 0.05) is 18.8 Å². The second-order valence-corrected chi connectivity index (χ2v) is 8.82. The molecule has 1 aromatic rings. The molecule has 5 heteroatoms. The number of nitrogens with two attached hydrogens (primary N) is 1. The molecule has 0 radical (unpaired) electrons. The summed E-state index contributed by atoms with van der Waals surface area (Å²) in [7, 11) is -3.46. The van der Waals surface area contributed by atoms with Crippen LogP contribution < -0.4 is 5.73 Å². The molecule has 0 unspecified atom stereocenters. The van der Waals surface area contributed by atoms with Crippen LogP contribution in [0, 0.1) is 26.2 Å². The first-order chi connectivity index (χ1) is 9.56. The third-order valence-corrected chi connectivity index (χ3v) is 6.82. The van der Waals surface area contributed by atoms with Crippen molar-refractivity contribution in [1.29, 1.82) is 0 Å². The van der Waals surface area contributed by atoms with Crippen molar-refractivity contribution in [3.05, 3.63) is 22.8 Å². The van der Waals surface area contributed by atoms with Crippen LogP contribution in [-0.4, -0.2) is 25.8 Å². The van der Waals surface area contributed by atoms with E-state index in [1.807, 2.05) is 19.9 Å². The Bertz CT molecular complexity index is 653. The van der Waals surface area contributed by atoms with Crippen LogP contribution in [-0.2, 0) is 10.0 Å². The highest BCUT2D eigenvalue weighted by Crippen LogP contribution is 2.35. The topological polar surface area (TPSA) is 63.4 Å². The molecule has 0 spiro atoms. The fourth-order valence-corrected chi connectivity index (χ4v) is 4.92. The van der Waals surface area contributed by atoms with Gasteiger partial charge in [-0.05, 0) is 55.7 Å². The van der Waals surface area contributed by atoms with Crippen molar-refractivity contribution in [3.63, 3.8) is 0 Å². The average Bonchev–Trinajstić information content (AvgIpc) is 2.35. The van der Waals surface area contributed by atoms with Crippen LogP contribution in [0.4, 0.5) is 5.69 Å². The second-order valence-electron chi connectivity index (χ2n) is 6.95. The van der Waals surface area contributed by atoms with Gasteiger partial charge in [-0.1, -0.05) is 19.9 Å². The third-order valence-electron chi connectivity index (χ3n) is 4.63. The molecule has 0 aliphatic carbocycles. The average molecular weight is 310 g/mol. The van der Waals surface area contributed by atoms with Gasteiger partial charge in [-0.15, -0.1) is 0 Å². The smallest absolute Gasteiger partial charge is 0.243 e. The summed E-state index contributed by atoms with van der Waals surface area (Å²) in [4.78, 5) is 0.394. The SMILES string of the molecule is Cc1cc(C)c(S(=O)(=O)N2CCC(C)(C)CC2)c(C)c1N. The molecular formula is C16H26N2O2S. The molecule has 1 aliphatic heterocycles. The van der Waals surface area contributed by atoms with E-state index in [4.69, 9.17) is 5.73 Å². The Morgan fingerprint density at radius 1 is 1.10 bits per heavy atom. The van der Waals surface area contributed by atoms with Gasteiger partial charge in [-0.3, -0.25) is 0 Å². The van der Waals surface area contributed by atoms with Gasteiger partial charge in [0.15, 0.2) is 0 Å². The summed E-state index contributed by atoms with van der Waals surface area (Å²) < 4.78 is 27.6. The monoisotopic (exact) mass is 310 g/mol. The number of rotatable bonds is 2. The van der Waals surface area contributed by atoms with Gasteiger partial charge in [0.05, 0.1) is 4.90 Å². The lowest BCUT2D eigenvalue weighted by molar-refractivity contribution is 0.196. The van der Waals surface area contributed by atoms with Crippen LogP contribution in [0.5, 0.6) is 0 Å². The van der Waals surface area contributed by atoms with Crippen molar-refractivity contribution >= 4 is 15.7 Å². The third kappa shape index (κ3) is 2.94. The van der Waals surface area contributed by atoms with E-state index in [9.17, 15) is 8.42 Å². The fourth-order valence-electron chi connectivity index (χ4n) is 3.04. The maximum Gasteiger partial charge on any atom is 0.243 e. The van der Waals surface area contributed by atoms with E-state index in [0.717, 1.165) is 24.0 Å². The Labute approximate surface area is 128 Å². The minimum absolute atomic E-state index is 0.225. The Hall–Kier alpha value is -1.07.